The lowest BCUT2D eigenvalue weighted by Crippen LogP contribution is -2.44. The van der Waals surface area contributed by atoms with Gasteiger partial charge in [-0.1, -0.05) is 6.92 Å². The van der Waals surface area contributed by atoms with Crippen LogP contribution in [0.15, 0.2) is 0 Å². The van der Waals surface area contributed by atoms with Gasteiger partial charge in [0.2, 0.25) is 0 Å². The van der Waals surface area contributed by atoms with Crippen LogP contribution in [0, 0.1) is 23.7 Å². The number of carbonyl (C=O) groups is 1. The highest BCUT2D eigenvalue weighted by molar-refractivity contribution is 5.70. The van der Waals surface area contributed by atoms with Gasteiger partial charge < -0.3 is 9.84 Å². The molecule has 5 atom stereocenters. The van der Waals surface area contributed by atoms with Gasteiger partial charge in [0, 0.05) is 12.5 Å². The zero-order valence-electron chi connectivity index (χ0n) is 9.41. The number of fused-ring (bicyclic) bond motifs is 1. The van der Waals surface area contributed by atoms with E-state index in [0.717, 1.165) is 0 Å². The van der Waals surface area contributed by atoms with Crippen LogP contribution in [-0.4, -0.2) is 30.0 Å². The lowest BCUT2D eigenvalue weighted by molar-refractivity contribution is -0.201. The topological polar surface area (TPSA) is 46.5 Å². The second-order valence-corrected chi connectivity index (χ2v) is 5.08. The first-order valence-corrected chi connectivity index (χ1v) is 5.71. The average Bonchev–Trinajstić information content (AvgIpc) is 2.58. The molecule has 17 heavy (non-hydrogen) atoms. The molecule has 2 rings (SSSR count). The highest BCUT2D eigenvalue weighted by Crippen LogP contribution is 2.48. The molecule has 1 heterocycles. The molecule has 0 aromatic heterocycles. The van der Waals surface area contributed by atoms with E-state index in [9.17, 15) is 18.0 Å². The summed E-state index contributed by atoms with van der Waals surface area (Å²) in [6, 6.07) is 0. The van der Waals surface area contributed by atoms with Gasteiger partial charge in [0.1, 0.15) is 0 Å². The van der Waals surface area contributed by atoms with Crippen molar-refractivity contribution in [3.8, 4) is 0 Å². The van der Waals surface area contributed by atoms with E-state index in [2.05, 4.69) is 0 Å². The van der Waals surface area contributed by atoms with Gasteiger partial charge in [-0.3, -0.25) is 4.79 Å². The van der Waals surface area contributed by atoms with Crippen LogP contribution in [-0.2, 0) is 9.53 Å². The van der Waals surface area contributed by atoms with E-state index in [1.165, 1.54) is 0 Å². The van der Waals surface area contributed by atoms with Crippen molar-refractivity contribution in [3.63, 3.8) is 0 Å². The molecule has 0 aromatic rings. The Balaban J connectivity index is 2.20. The third kappa shape index (κ3) is 2.27. The van der Waals surface area contributed by atoms with Crippen LogP contribution in [0.4, 0.5) is 13.2 Å². The number of carboxylic acids is 1. The Bertz CT molecular complexity index is 316. The predicted octanol–water partition coefficient (Wildman–Crippen LogP) is 2.31. The average molecular weight is 252 g/mol. The summed E-state index contributed by atoms with van der Waals surface area (Å²) in [6.45, 7) is 2.21. The summed E-state index contributed by atoms with van der Waals surface area (Å²) in [5.74, 6) is -3.86. The fraction of sp³-hybridized carbons (Fsp3) is 0.909. The van der Waals surface area contributed by atoms with E-state index in [0.29, 0.717) is 6.61 Å². The second kappa shape index (κ2) is 4.15. The molecule has 98 valence electrons. The van der Waals surface area contributed by atoms with Crippen molar-refractivity contribution in [2.45, 2.75) is 32.0 Å². The van der Waals surface area contributed by atoms with Crippen LogP contribution < -0.4 is 0 Å². The van der Waals surface area contributed by atoms with Crippen molar-refractivity contribution in [2.24, 2.45) is 23.7 Å². The molecule has 2 fully saturated rings. The van der Waals surface area contributed by atoms with E-state index in [1.807, 2.05) is 6.92 Å². The minimum absolute atomic E-state index is 0.0234. The summed E-state index contributed by atoms with van der Waals surface area (Å²) in [7, 11) is 0. The van der Waals surface area contributed by atoms with E-state index in [4.69, 9.17) is 9.84 Å². The summed E-state index contributed by atoms with van der Waals surface area (Å²) >= 11 is 0. The molecule has 1 aliphatic carbocycles. The van der Waals surface area contributed by atoms with Gasteiger partial charge in [-0.25, -0.2) is 0 Å². The Hall–Kier alpha value is -0.780. The summed E-state index contributed by atoms with van der Waals surface area (Å²) in [5, 5.41) is 9.06. The molecule has 0 unspecified atom stereocenters. The van der Waals surface area contributed by atoms with Gasteiger partial charge >= 0.3 is 12.1 Å². The first-order valence-electron chi connectivity index (χ1n) is 5.71. The lowest BCUT2D eigenvalue weighted by atomic mass is 9.69. The van der Waals surface area contributed by atoms with Crippen LogP contribution in [0.25, 0.3) is 0 Å². The van der Waals surface area contributed by atoms with Crippen molar-refractivity contribution >= 4 is 5.97 Å². The van der Waals surface area contributed by atoms with Crippen LogP contribution in [0.2, 0.25) is 0 Å². The first-order chi connectivity index (χ1) is 7.80. The van der Waals surface area contributed by atoms with Crippen molar-refractivity contribution in [1.82, 2.24) is 0 Å². The Morgan fingerprint density at radius 3 is 2.53 bits per heavy atom. The van der Waals surface area contributed by atoms with Crippen LogP contribution in [0.1, 0.15) is 19.8 Å². The smallest absolute Gasteiger partial charge is 0.391 e. The Morgan fingerprint density at radius 1 is 1.35 bits per heavy atom. The highest BCUT2D eigenvalue weighted by atomic mass is 19.4. The number of alkyl halides is 3. The molecule has 3 nitrogen and oxygen atoms in total. The molecule has 1 saturated carbocycles. The number of hydrogen-bond acceptors (Lipinski definition) is 2. The van der Waals surface area contributed by atoms with E-state index in [-0.39, 0.29) is 24.7 Å². The number of carboxylic acid groups (broad SMARTS) is 1. The van der Waals surface area contributed by atoms with Crippen molar-refractivity contribution in [1.29, 1.82) is 0 Å². The molecule has 0 amide bonds. The molecule has 1 saturated heterocycles. The van der Waals surface area contributed by atoms with Crippen molar-refractivity contribution < 1.29 is 27.8 Å². The SMILES string of the molecule is C[C@H]1CO[C@H]2C[C@@H](C(F)(F)F)C[C@@H](C(=O)O)[C@H]21. The number of halogens is 3. The quantitative estimate of drug-likeness (QED) is 0.779. The van der Waals surface area contributed by atoms with Crippen LogP contribution >= 0.6 is 0 Å². The Labute approximate surface area is 96.9 Å². The minimum Gasteiger partial charge on any atom is -0.481 e. The van der Waals surface area contributed by atoms with Crippen LogP contribution in [0.5, 0.6) is 0 Å². The highest BCUT2D eigenvalue weighted by Gasteiger charge is 2.54. The molecule has 0 bridgehead atoms. The largest absolute Gasteiger partial charge is 0.481 e. The Morgan fingerprint density at radius 2 is 2.00 bits per heavy atom. The van der Waals surface area contributed by atoms with Gasteiger partial charge in [-0.15, -0.1) is 0 Å². The zero-order valence-corrected chi connectivity index (χ0v) is 9.41. The summed E-state index contributed by atoms with van der Waals surface area (Å²) in [5.41, 5.74) is 0. The third-order valence-corrected chi connectivity index (χ3v) is 3.96. The summed E-state index contributed by atoms with van der Waals surface area (Å²) < 4.78 is 43.4. The van der Waals surface area contributed by atoms with Gasteiger partial charge in [0.05, 0.1) is 17.9 Å². The molecule has 0 radical (unpaired) electrons. The molecule has 0 aromatic carbocycles. The zero-order chi connectivity index (χ0) is 12.8. The Kier molecular flexibility index (Phi) is 3.10. The third-order valence-electron chi connectivity index (χ3n) is 3.96. The van der Waals surface area contributed by atoms with E-state index < -0.39 is 30.1 Å². The molecule has 1 aliphatic heterocycles. The number of hydrogen-bond donors (Lipinski definition) is 1. The van der Waals surface area contributed by atoms with E-state index >= 15 is 0 Å². The molecular weight excluding hydrogens is 237 g/mol. The van der Waals surface area contributed by atoms with E-state index in [1.54, 1.807) is 0 Å². The number of aliphatic carboxylic acids is 1. The maximum absolute atomic E-state index is 12.7. The summed E-state index contributed by atoms with van der Waals surface area (Å²) in [4.78, 5) is 11.1. The molecular formula is C11H15F3O3. The molecule has 6 heteroatoms. The minimum atomic E-state index is -4.33. The van der Waals surface area contributed by atoms with Gasteiger partial charge in [0.25, 0.3) is 0 Å². The fourth-order valence-electron chi connectivity index (χ4n) is 3.12. The first kappa shape index (κ1) is 12.7. The van der Waals surface area contributed by atoms with Gasteiger partial charge in [0.15, 0.2) is 0 Å². The van der Waals surface area contributed by atoms with Gasteiger partial charge in [-0.05, 0) is 18.8 Å². The standard InChI is InChI=1S/C11H15F3O3/c1-5-4-17-8-3-6(11(12,13)14)2-7(9(5)8)10(15)16/h5-9H,2-4H2,1H3,(H,15,16)/t5-,6-,7+,8-,9+/m0/s1. The molecule has 1 N–H and O–H groups in total. The predicted molar refractivity (Wildman–Crippen MR) is 52.3 cm³/mol. The maximum Gasteiger partial charge on any atom is 0.391 e. The fourth-order valence-corrected chi connectivity index (χ4v) is 3.12. The number of ether oxygens (including phenoxy) is 1. The van der Waals surface area contributed by atoms with Gasteiger partial charge in [-0.2, -0.15) is 13.2 Å². The second-order valence-electron chi connectivity index (χ2n) is 5.08. The monoisotopic (exact) mass is 252 g/mol. The maximum atomic E-state index is 12.7. The summed E-state index contributed by atoms with van der Waals surface area (Å²) in [6.07, 6.45) is -5.28. The molecule has 2 aliphatic rings. The normalized spacial score (nSPS) is 42.2. The van der Waals surface area contributed by atoms with Crippen molar-refractivity contribution in [3.05, 3.63) is 0 Å². The van der Waals surface area contributed by atoms with Crippen molar-refractivity contribution in [2.75, 3.05) is 6.61 Å². The molecule has 0 spiro atoms. The number of rotatable bonds is 1. The van der Waals surface area contributed by atoms with Crippen LogP contribution in [0.3, 0.4) is 0 Å². The lowest BCUT2D eigenvalue weighted by Gasteiger charge is -2.37.